The van der Waals surface area contributed by atoms with Crippen LogP contribution in [0.5, 0.6) is 0 Å². The highest BCUT2D eigenvalue weighted by atomic mass is 16.2. The predicted molar refractivity (Wildman–Crippen MR) is 85.5 cm³/mol. The molecule has 2 aromatic rings. The second-order valence-corrected chi connectivity index (χ2v) is 5.43. The Kier molecular flexibility index (Phi) is 5.12. The number of hydrogen-bond acceptors (Lipinski definition) is 2. The second kappa shape index (κ2) is 7.04. The normalized spacial score (nSPS) is 12.2. The molecule has 2 N–H and O–H groups in total. The van der Waals surface area contributed by atoms with Crippen molar-refractivity contribution >= 4 is 5.91 Å². The van der Waals surface area contributed by atoms with Gasteiger partial charge in [-0.05, 0) is 25.0 Å². The summed E-state index contributed by atoms with van der Waals surface area (Å²) in [4.78, 5) is 14.5. The molecule has 0 radical (unpaired) electrons. The van der Waals surface area contributed by atoms with Crippen molar-refractivity contribution in [2.75, 3.05) is 0 Å². The summed E-state index contributed by atoms with van der Waals surface area (Å²) in [5, 5.41) is 0. The quantitative estimate of drug-likeness (QED) is 0.916. The second-order valence-electron chi connectivity index (χ2n) is 5.43. The SMILES string of the molecule is CC(C)N(Cc1ccccc1)C(=O)[C@@H](N)c1ccccc1. The van der Waals surface area contributed by atoms with Gasteiger partial charge < -0.3 is 10.6 Å². The molecule has 3 nitrogen and oxygen atoms in total. The van der Waals surface area contributed by atoms with Gasteiger partial charge in [-0.15, -0.1) is 0 Å². The third-order valence-electron chi connectivity index (χ3n) is 3.53. The van der Waals surface area contributed by atoms with Gasteiger partial charge in [0.15, 0.2) is 0 Å². The Hall–Kier alpha value is -2.13. The fraction of sp³-hybridized carbons (Fsp3) is 0.278. The Morgan fingerprint density at radius 3 is 2.05 bits per heavy atom. The molecule has 1 atom stereocenters. The monoisotopic (exact) mass is 282 g/mol. The predicted octanol–water partition coefficient (Wildman–Crippen LogP) is 3.12. The Morgan fingerprint density at radius 2 is 1.52 bits per heavy atom. The van der Waals surface area contributed by atoms with E-state index in [0.29, 0.717) is 6.54 Å². The van der Waals surface area contributed by atoms with Gasteiger partial charge >= 0.3 is 0 Å². The third-order valence-corrected chi connectivity index (χ3v) is 3.53. The van der Waals surface area contributed by atoms with E-state index in [2.05, 4.69) is 0 Å². The lowest BCUT2D eigenvalue weighted by Gasteiger charge is -2.29. The molecule has 2 aromatic carbocycles. The molecule has 0 saturated carbocycles. The summed E-state index contributed by atoms with van der Waals surface area (Å²) in [6.07, 6.45) is 0. The molecule has 0 fully saturated rings. The number of amides is 1. The molecule has 1 amide bonds. The summed E-state index contributed by atoms with van der Waals surface area (Å²) in [5.74, 6) is -0.0416. The van der Waals surface area contributed by atoms with Crippen molar-refractivity contribution in [3.63, 3.8) is 0 Å². The van der Waals surface area contributed by atoms with Crippen LogP contribution < -0.4 is 5.73 Å². The minimum atomic E-state index is -0.614. The molecule has 0 aliphatic rings. The Bertz CT molecular complexity index is 566. The summed E-state index contributed by atoms with van der Waals surface area (Å²) in [7, 11) is 0. The van der Waals surface area contributed by atoms with Crippen LogP contribution in [0.3, 0.4) is 0 Å². The van der Waals surface area contributed by atoms with Crippen molar-refractivity contribution in [2.24, 2.45) is 5.73 Å². The number of hydrogen-bond donors (Lipinski definition) is 1. The minimum Gasteiger partial charge on any atom is -0.334 e. The van der Waals surface area contributed by atoms with E-state index in [1.54, 1.807) is 0 Å². The number of nitrogens with two attached hydrogens (primary N) is 1. The molecule has 21 heavy (non-hydrogen) atoms. The first kappa shape index (κ1) is 15.3. The van der Waals surface area contributed by atoms with Crippen LogP contribution in [-0.2, 0) is 11.3 Å². The van der Waals surface area contributed by atoms with Gasteiger partial charge in [0.05, 0.1) is 0 Å². The van der Waals surface area contributed by atoms with Gasteiger partial charge in [-0.2, -0.15) is 0 Å². The third kappa shape index (κ3) is 3.92. The molecule has 0 aromatic heterocycles. The molecule has 0 bridgehead atoms. The first-order valence-corrected chi connectivity index (χ1v) is 7.24. The maximum absolute atomic E-state index is 12.7. The average Bonchev–Trinajstić information content (AvgIpc) is 2.53. The number of rotatable bonds is 5. The van der Waals surface area contributed by atoms with Crippen molar-refractivity contribution in [1.29, 1.82) is 0 Å². The molecule has 3 heteroatoms. The lowest BCUT2D eigenvalue weighted by molar-refractivity contribution is -0.135. The minimum absolute atomic E-state index is 0.0416. The molecular weight excluding hydrogens is 260 g/mol. The van der Waals surface area contributed by atoms with Crippen LogP contribution in [0.4, 0.5) is 0 Å². The maximum Gasteiger partial charge on any atom is 0.244 e. The van der Waals surface area contributed by atoms with Gasteiger partial charge in [0.25, 0.3) is 0 Å². The molecular formula is C18H22N2O. The maximum atomic E-state index is 12.7. The molecule has 110 valence electrons. The molecule has 0 aliphatic carbocycles. The number of benzene rings is 2. The van der Waals surface area contributed by atoms with E-state index in [-0.39, 0.29) is 11.9 Å². The van der Waals surface area contributed by atoms with E-state index in [1.807, 2.05) is 79.4 Å². The van der Waals surface area contributed by atoms with Crippen molar-refractivity contribution in [3.8, 4) is 0 Å². The summed E-state index contributed by atoms with van der Waals surface area (Å²) < 4.78 is 0. The van der Waals surface area contributed by atoms with Crippen LogP contribution in [0.2, 0.25) is 0 Å². The van der Waals surface area contributed by atoms with Gasteiger partial charge in [-0.25, -0.2) is 0 Å². The molecule has 0 spiro atoms. The summed E-state index contributed by atoms with van der Waals surface area (Å²) in [6.45, 7) is 4.61. The van der Waals surface area contributed by atoms with E-state index < -0.39 is 6.04 Å². The number of carbonyl (C=O) groups excluding carboxylic acids is 1. The molecule has 0 unspecified atom stereocenters. The zero-order chi connectivity index (χ0) is 15.2. The highest BCUT2D eigenvalue weighted by Gasteiger charge is 2.24. The largest absolute Gasteiger partial charge is 0.334 e. The first-order chi connectivity index (χ1) is 10.1. The van der Waals surface area contributed by atoms with Crippen LogP contribution in [0.25, 0.3) is 0 Å². The zero-order valence-corrected chi connectivity index (χ0v) is 12.6. The van der Waals surface area contributed by atoms with Crippen LogP contribution in [0.1, 0.15) is 31.0 Å². The van der Waals surface area contributed by atoms with Gasteiger partial charge in [-0.3, -0.25) is 4.79 Å². The van der Waals surface area contributed by atoms with Crippen LogP contribution in [0, 0.1) is 0 Å². The highest BCUT2D eigenvalue weighted by Crippen LogP contribution is 2.17. The lowest BCUT2D eigenvalue weighted by atomic mass is 10.1. The summed E-state index contributed by atoms with van der Waals surface area (Å²) in [5.41, 5.74) is 8.10. The Labute approximate surface area is 126 Å². The van der Waals surface area contributed by atoms with E-state index in [9.17, 15) is 4.79 Å². The standard InChI is InChI=1S/C18H22N2O/c1-14(2)20(13-15-9-5-3-6-10-15)18(21)17(19)16-11-7-4-8-12-16/h3-12,14,17H,13,19H2,1-2H3/t17-/m0/s1. The molecule has 2 rings (SSSR count). The zero-order valence-electron chi connectivity index (χ0n) is 12.6. The Morgan fingerprint density at radius 1 is 1.00 bits per heavy atom. The summed E-state index contributed by atoms with van der Waals surface area (Å²) in [6, 6.07) is 19.0. The molecule has 0 aliphatic heterocycles. The van der Waals surface area contributed by atoms with Crippen molar-refractivity contribution < 1.29 is 4.79 Å². The molecule has 0 saturated heterocycles. The fourth-order valence-electron chi connectivity index (χ4n) is 2.28. The fourth-order valence-corrected chi connectivity index (χ4v) is 2.28. The van der Waals surface area contributed by atoms with E-state index in [1.165, 1.54) is 0 Å². The van der Waals surface area contributed by atoms with E-state index >= 15 is 0 Å². The average molecular weight is 282 g/mol. The van der Waals surface area contributed by atoms with Crippen molar-refractivity contribution in [1.82, 2.24) is 4.90 Å². The van der Waals surface area contributed by atoms with Crippen LogP contribution in [0.15, 0.2) is 60.7 Å². The first-order valence-electron chi connectivity index (χ1n) is 7.24. The van der Waals surface area contributed by atoms with Crippen molar-refractivity contribution in [3.05, 3.63) is 71.8 Å². The Balaban J connectivity index is 2.16. The van der Waals surface area contributed by atoms with Gasteiger partial charge in [-0.1, -0.05) is 60.7 Å². The molecule has 0 heterocycles. The van der Waals surface area contributed by atoms with E-state index in [0.717, 1.165) is 11.1 Å². The number of nitrogens with zero attached hydrogens (tertiary/aromatic N) is 1. The van der Waals surface area contributed by atoms with E-state index in [4.69, 9.17) is 5.73 Å². The van der Waals surface area contributed by atoms with Crippen LogP contribution in [-0.4, -0.2) is 16.8 Å². The highest BCUT2D eigenvalue weighted by molar-refractivity contribution is 5.83. The van der Waals surface area contributed by atoms with Gasteiger partial charge in [0, 0.05) is 12.6 Å². The van der Waals surface area contributed by atoms with Crippen LogP contribution >= 0.6 is 0 Å². The van der Waals surface area contributed by atoms with Gasteiger partial charge in [0.1, 0.15) is 6.04 Å². The lowest BCUT2D eigenvalue weighted by Crippen LogP contribution is -2.42. The summed E-state index contributed by atoms with van der Waals surface area (Å²) >= 11 is 0. The number of carbonyl (C=O) groups is 1. The smallest absolute Gasteiger partial charge is 0.244 e. The topological polar surface area (TPSA) is 46.3 Å². The van der Waals surface area contributed by atoms with Crippen molar-refractivity contribution in [2.45, 2.75) is 32.5 Å². The van der Waals surface area contributed by atoms with Gasteiger partial charge in [0.2, 0.25) is 5.91 Å².